The fourth-order valence-electron chi connectivity index (χ4n) is 3.67. The third-order valence-electron chi connectivity index (χ3n) is 4.68. The topological polar surface area (TPSA) is 58.4 Å². The molecule has 2 aromatic rings. The normalized spacial score (nSPS) is 28.0. The van der Waals surface area contributed by atoms with E-state index in [4.69, 9.17) is 4.42 Å². The van der Waals surface area contributed by atoms with Crippen molar-refractivity contribution in [2.24, 2.45) is 5.92 Å². The second-order valence-corrected chi connectivity index (χ2v) is 6.25. The molecule has 5 nitrogen and oxygen atoms in total. The summed E-state index contributed by atoms with van der Waals surface area (Å²) in [6.45, 7) is 5.24. The number of aromatic nitrogens is 1. The van der Waals surface area contributed by atoms with Crippen LogP contribution in [0.5, 0.6) is 0 Å². The zero-order valence-electron chi connectivity index (χ0n) is 12.1. The minimum Gasteiger partial charge on any atom is -0.464 e. The lowest BCUT2D eigenvalue weighted by Gasteiger charge is -2.30. The van der Waals surface area contributed by atoms with E-state index in [1.165, 1.54) is 19.5 Å². The van der Waals surface area contributed by atoms with Crippen molar-refractivity contribution in [2.45, 2.75) is 25.8 Å². The van der Waals surface area contributed by atoms with Crippen LogP contribution in [0, 0.1) is 12.8 Å². The van der Waals surface area contributed by atoms with E-state index in [0.717, 1.165) is 35.5 Å². The van der Waals surface area contributed by atoms with Gasteiger partial charge >= 0.3 is 0 Å². The first-order valence-electron chi connectivity index (χ1n) is 7.57. The highest BCUT2D eigenvalue weighted by atomic mass is 16.3. The third kappa shape index (κ3) is 2.31. The third-order valence-corrected chi connectivity index (χ3v) is 4.68. The molecule has 1 N–H and O–H groups in total. The first-order valence-corrected chi connectivity index (χ1v) is 7.57. The van der Waals surface area contributed by atoms with E-state index >= 15 is 0 Å². The van der Waals surface area contributed by atoms with Gasteiger partial charge in [0.1, 0.15) is 11.3 Å². The molecule has 0 spiro atoms. The molecular formula is C16H19N3O2. The number of rotatable bonds is 2. The minimum absolute atomic E-state index is 0.0936. The molecule has 5 heteroatoms. The number of pyridine rings is 1. The van der Waals surface area contributed by atoms with Gasteiger partial charge in [0, 0.05) is 36.3 Å². The van der Waals surface area contributed by atoms with Gasteiger partial charge < -0.3 is 14.6 Å². The molecule has 110 valence electrons. The molecule has 2 aromatic heterocycles. The summed E-state index contributed by atoms with van der Waals surface area (Å²) in [5.74, 6) is 0.648. The van der Waals surface area contributed by atoms with Gasteiger partial charge in [-0.3, -0.25) is 4.79 Å². The summed E-state index contributed by atoms with van der Waals surface area (Å²) in [5.41, 5.74) is 2.00. The Morgan fingerprint density at radius 3 is 3.24 bits per heavy atom. The standard InChI is InChI=1S/C16H19N3O2/c1-10-13-3-5-21-15(13)7-14(17-10)16(20)18-12-6-11-2-4-19(8-11)9-12/h3,5,7,11-12H,2,4,6,8-9H2,1H3,(H,18,20)/t11-,12+/m0/s1. The number of furan rings is 1. The fraction of sp³-hybridized carbons (Fsp3) is 0.500. The monoisotopic (exact) mass is 285 g/mol. The summed E-state index contributed by atoms with van der Waals surface area (Å²) in [6.07, 6.45) is 3.99. The Balaban J connectivity index is 1.53. The maximum Gasteiger partial charge on any atom is 0.270 e. The predicted molar refractivity (Wildman–Crippen MR) is 79.2 cm³/mol. The van der Waals surface area contributed by atoms with E-state index < -0.39 is 0 Å². The molecule has 0 saturated carbocycles. The molecule has 4 rings (SSSR count). The summed E-state index contributed by atoms with van der Waals surface area (Å²) in [7, 11) is 0. The first-order chi connectivity index (χ1) is 10.2. The van der Waals surface area contributed by atoms with Gasteiger partial charge in [-0.05, 0) is 38.3 Å². The van der Waals surface area contributed by atoms with Crippen molar-refractivity contribution in [1.29, 1.82) is 0 Å². The van der Waals surface area contributed by atoms with Crippen LogP contribution in [0.2, 0.25) is 0 Å². The van der Waals surface area contributed by atoms with Crippen LogP contribution in [0.15, 0.2) is 22.8 Å². The van der Waals surface area contributed by atoms with Crippen LogP contribution in [-0.2, 0) is 0 Å². The maximum atomic E-state index is 12.4. The van der Waals surface area contributed by atoms with Crippen molar-refractivity contribution in [2.75, 3.05) is 19.6 Å². The van der Waals surface area contributed by atoms with Gasteiger partial charge in [0.05, 0.1) is 6.26 Å². The highest BCUT2D eigenvalue weighted by Crippen LogP contribution is 2.27. The first kappa shape index (κ1) is 12.8. The summed E-state index contributed by atoms with van der Waals surface area (Å²) < 4.78 is 5.40. The second kappa shape index (κ2) is 4.84. The fourth-order valence-corrected chi connectivity index (χ4v) is 3.67. The molecule has 2 saturated heterocycles. The Hall–Kier alpha value is -1.88. The van der Waals surface area contributed by atoms with Crippen molar-refractivity contribution in [3.8, 4) is 0 Å². The lowest BCUT2D eigenvalue weighted by molar-refractivity contribution is 0.0904. The average molecular weight is 285 g/mol. The van der Waals surface area contributed by atoms with Crippen molar-refractivity contribution in [3.63, 3.8) is 0 Å². The molecule has 3 atom stereocenters. The van der Waals surface area contributed by atoms with E-state index in [9.17, 15) is 4.79 Å². The molecule has 4 heterocycles. The minimum atomic E-state index is -0.0936. The molecule has 1 amide bonds. The van der Waals surface area contributed by atoms with Crippen molar-refractivity contribution in [3.05, 3.63) is 29.8 Å². The van der Waals surface area contributed by atoms with Crippen molar-refractivity contribution >= 4 is 16.9 Å². The van der Waals surface area contributed by atoms with Gasteiger partial charge in [-0.25, -0.2) is 4.98 Å². The van der Waals surface area contributed by atoms with Crippen LogP contribution in [0.25, 0.3) is 11.0 Å². The molecule has 2 bridgehead atoms. The van der Waals surface area contributed by atoms with Crippen LogP contribution < -0.4 is 5.32 Å². The number of hydrogen-bond donors (Lipinski definition) is 1. The summed E-state index contributed by atoms with van der Waals surface area (Å²) >= 11 is 0. The lowest BCUT2D eigenvalue weighted by atomic mass is 9.97. The maximum absolute atomic E-state index is 12.4. The highest BCUT2D eigenvalue weighted by molar-refractivity contribution is 5.96. The smallest absolute Gasteiger partial charge is 0.270 e. The number of aryl methyl sites for hydroxylation is 1. The van der Waals surface area contributed by atoms with Crippen molar-refractivity contribution in [1.82, 2.24) is 15.2 Å². The Morgan fingerprint density at radius 2 is 2.38 bits per heavy atom. The zero-order valence-corrected chi connectivity index (χ0v) is 12.1. The SMILES string of the molecule is Cc1nc(C(=O)N[C@@H]2C[C@@H]3CCN(C3)C2)cc2occc12. The number of nitrogens with zero attached hydrogens (tertiary/aromatic N) is 2. The van der Waals surface area contributed by atoms with Gasteiger partial charge in [-0.2, -0.15) is 0 Å². The second-order valence-electron chi connectivity index (χ2n) is 6.25. The molecule has 0 radical (unpaired) electrons. The highest BCUT2D eigenvalue weighted by Gasteiger charge is 2.33. The molecule has 2 aliphatic rings. The summed E-state index contributed by atoms with van der Waals surface area (Å²) in [6, 6.07) is 3.86. The number of carbonyl (C=O) groups is 1. The number of nitrogens with one attached hydrogen (secondary N) is 1. The van der Waals surface area contributed by atoms with Gasteiger partial charge in [0.25, 0.3) is 5.91 Å². The van der Waals surface area contributed by atoms with E-state index in [-0.39, 0.29) is 11.9 Å². The summed E-state index contributed by atoms with van der Waals surface area (Å²) in [5, 5.41) is 4.10. The molecule has 0 aliphatic carbocycles. The van der Waals surface area contributed by atoms with Gasteiger partial charge in [0.15, 0.2) is 0 Å². The van der Waals surface area contributed by atoms with Gasteiger partial charge in [0.2, 0.25) is 0 Å². The molecule has 0 aromatic carbocycles. The van der Waals surface area contributed by atoms with Gasteiger partial charge in [-0.15, -0.1) is 0 Å². The summed E-state index contributed by atoms with van der Waals surface area (Å²) in [4.78, 5) is 19.3. The molecule has 2 fully saturated rings. The van der Waals surface area contributed by atoms with E-state index in [2.05, 4.69) is 15.2 Å². The molecule has 21 heavy (non-hydrogen) atoms. The van der Waals surface area contributed by atoms with E-state index in [1.807, 2.05) is 13.0 Å². The average Bonchev–Trinajstić information content (AvgIpc) is 3.05. The predicted octanol–water partition coefficient (Wildman–Crippen LogP) is 1.96. The van der Waals surface area contributed by atoms with Crippen LogP contribution in [0.3, 0.4) is 0 Å². The van der Waals surface area contributed by atoms with Crippen LogP contribution in [0.1, 0.15) is 29.0 Å². The number of hydrogen-bond acceptors (Lipinski definition) is 4. The lowest BCUT2D eigenvalue weighted by Crippen LogP contribution is -2.47. The van der Waals surface area contributed by atoms with Crippen molar-refractivity contribution < 1.29 is 9.21 Å². The Bertz CT molecular complexity index is 682. The number of carbonyl (C=O) groups excluding carboxylic acids is 1. The van der Waals surface area contributed by atoms with E-state index in [1.54, 1.807) is 12.3 Å². The number of fused-ring (bicyclic) bond motifs is 3. The number of piperidine rings is 1. The molecule has 2 aliphatic heterocycles. The van der Waals surface area contributed by atoms with Crippen LogP contribution >= 0.6 is 0 Å². The van der Waals surface area contributed by atoms with E-state index in [0.29, 0.717) is 5.69 Å². The Labute approximate surface area is 123 Å². The van der Waals surface area contributed by atoms with Crippen LogP contribution in [-0.4, -0.2) is 41.5 Å². The Morgan fingerprint density at radius 1 is 1.48 bits per heavy atom. The molecular weight excluding hydrogens is 266 g/mol. The molecule has 1 unspecified atom stereocenters. The van der Waals surface area contributed by atoms with Crippen LogP contribution in [0.4, 0.5) is 0 Å². The number of amides is 1. The van der Waals surface area contributed by atoms with Gasteiger partial charge in [-0.1, -0.05) is 0 Å². The largest absolute Gasteiger partial charge is 0.464 e. The quantitative estimate of drug-likeness (QED) is 0.916. The zero-order chi connectivity index (χ0) is 14.4. The Kier molecular flexibility index (Phi) is 2.96.